The van der Waals surface area contributed by atoms with Gasteiger partial charge >= 0.3 is 5.97 Å². The number of aromatic nitrogens is 1. The summed E-state index contributed by atoms with van der Waals surface area (Å²) in [5, 5.41) is 9.31. The SMILES string of the molecule is COc1ccc(CCn2c(C)cc(C(=O)COC(=O)c3ccc(O)cc3)c2C)cc1OC. The van der Waals surface area contributed by atoms with E-state index in [1.165, 1.54) is 24.3 Å². The molecule has 1 heterocycles. The fraction of sp³-hybridized carbons (Fsp3) is 0.280. The summed E-state index contributed by atoms with van der Waals surface area (Å²) in [6, 6.07) is 13.3. The normalized spacial score (nSPS) is 10.6. The number of rotatable bonds is 9. The molecule has 0 spiro atoms. The van der Waals surface area contributed by atoms with Gasteiger partial charge in [-0.15, -0.1) is 0 Å². The van der Waals surface area contributed by atoms with E-state index in [0.29, 0.717) is 23.6 Å². The molecule has 1 aromatic heterocycles. The van der Waals surface area contributed by atoms with Crippen LogP contribution in [0.5, 0.6) is 17.2 Å². The Kier molecular flexibility index (Phi) is 7.20. The highest BCUT2D eigenvalue weighted by Crippen LogP contribution is 2.28. The van der Waals surface area contributed by atoms with Crippen molar-refractivity contribution in [2.24, 2.45) is 0 Å². The summed E-state index contributed by atoms with van der Waals surface area (Å²) < 4.78 is 17.9. The molecule has 168 valence electrons. The molecule has 1 N–H and O–H groups in total. The molecule has 3 aromatic rings. The Hall–Kier alpha value is -3.74. The fourth-order valence-electron chi connectivity index (χ4n) is 3.59. The highest BCUT2D eigenvalue weighted by molar-refractivity contribution is 6.00. The third kappa shape index (κ3) is 5.11. The third-order valence-electron chi connectivity index (χ3n) is 5.38. The van der Waals surface area contributed by atoms with Gasteiger partial charge in [-0.3, -0.25) is 4.79 Å². The molecule has 3 rings (SSSR count). The molecule has 0 atom stereocenters. The van der Waals surface area contributed by atoms with Gasteiger partial charge in [-0.1, -0.05) is 6.07 Å². The Labute approximate surface area is 187 Å². The van der Waals surface area contributed by atoms with Crippen LogP contribution in [0.15, 0.2) is 48.5 Å². The van der Waals surface area contributed by atoms with Crippen LogP contribution in [0.4, 0.5) is 0 Å². The Morgan fingerprint density at radius 3 is 2.28 bits per heavy atom. The van der Waals surface area contributed by atoms with Gasteiger partial charge in [0, 0.05) is 23.5 Å². The number of Topliss-reactive ketones (excluding diaryl/α,β-unsaturated/α-hetero) is 1. The number of phenols is 1. The first-order valence-corrected chi connectivity index (χ1v) is 10.2. The van der Waals surface area contributed by atoms with E-state index >= 15 is 0 Å². The standard InChI is InChI=1S/C25H27NO6/c1-16-13-21(22(28)15-32-25(29)19-6-8-20(27)9-7-19)17(2)26(16)12-11-18-5-10-23(30-3)24(14-18)31-4/h5-10,13-14,27H,11-12,15H2,1-4H3. The van der Waals surface area contributed by atoms with Crippen LogP contribution in [-0.2, 0) is 17.7 Å². The second-order valence-corrected chi connectivity index (χ2v) is 7.42. The lowest BCUT2D eigenvalue weighted by atomic mass is 10.1. The van der Waals surface area contributed by atoms with Crippen molar-refractivity contribution in [2.75, 3.05) is 20.8 Å². The molecule has 0 radical (unpaired) electrons. The van der Waals surface area contributed by atoms with E-state index in [9.17, 15) is 14.7 Å². The maximum absolute atomic E-state index is 12.7. The average molecular weight is 437 g/mol. The summed E-state index contributed by atoms with van der Waals surface area (Å²) in [5.74, 6) is 0.540. The van der Waals surface area contributed by atoms with E-state index in [1.54, 1.807) is 14.2 Å². The van der Waals surface area contributed by atoms with Gasteiger partial charge in [-0.2, -0.15) is 0 Å². The van der Waals surface area contributed by atoms with Crippen molar-refractivity contribution in [1.29, 1.82) is 0 Å². The molecule has 0 aliphatic heterocycles. The zero-order chi connectivity index (χ0) is 23.3. The number of benzene rings is 2. The quantitative estimate of drug-likeness (QED) is 0.400. The molecule has 0 unspecified atom stereocenters. The number of nitrogens with zero attached hydrogens (tertiary/aromatic N) is 1. The van der Waals surface area contributed by atoms with Crippen LogP contribution in [-0.4, -0.2) is 42.3 Å². The van der Waals surface area contributed by atoms with Crippen molar-refractivity contribution < 1.29 is 28.9 Å². The smallest absolute Gasteiger partial charge is 0.338 e. The van der Waals surface area contributed by atoms with Crippen molar-refractivity contribution >= 4 is 11.8 Å². The summed E-state index contributed by atoms with van der Waals surface area (Å²) in [7, 11) is 3.21. The summed E-state index contributed by atoms with van der Waals surface area (Å²) in [5.41, 5.74) is 3.68. The highest BCUT2D eigenvalue weighted by atomic mass is 16.5. The summed E-state index contributed by atoms with van der Waals surface area (Å²) >= 11 is 0. The van der Waals surface area contributed by atoms with Crippen molar-refractivity contribution in [3.63, 3.8) is 0 Å². The number of ketones is 1. The van der Waals surface area contributed by atoms with E-state index in [1.807, 2.05) is 38.1 Å². The molecule has 2 aromatic carbocycles. The molecular formula is C25H27NO6. The van der Waals surface area contributed by atoms with Gasteiger partial charge in [0.1, 0.15) is 5.75 Å². The van der Waals surface area contributed by atoms with E-state index in [4.69, 9.17) is 14.2 Å². The molecule has 0 bridgehead atoms. The maximum Gasteiger partial charge on any atom is 0.338 e. The first kappa shape index (κ1) is 22.9. The number of aromatic hydroxyl groups is 1. The molecule has 7 heteroatoms. The van der Waals surface area contributed by atoms with Crippen molar-refractivity contribution in [1.82, 2.24) is 4.57 Å². The van der Waals surface area contributed by atoms with Crippen LogP contribution in [0.25, 0.3) is 0 Å². The Balaban J connectivity index is 1.65. The lowest BCUT2D eigenvalue weighted by Crippen LogP contribution is -2.15. The number of phenolic OH excluding ortho intramolecular Hbond substituents is 1. The molecule has 0 saturated heterocycles. The minimum Gasteiger partial charge on any atom is -0.508 e. The number of carbonyl (C=O) groups is 2. The summed E-state index contributed by atoms with van der Waals surface area (Å²) in [4.78, 5) is 24.8. The number of hydrogen-bond donors (Lipinski definition) is 1. The lowest BCUT2D eigenvalue weighted by molar-refractivity contribution is 0.0474. The van der Waals surface area contributed by atoms with E-state index in [2.05, 4.69) is 4.57 Å². The number of ether oxygens (including phenoxy) is 3. The van der Waals surface area contributed by atoms with Crippen LogP contribution < -0.4 is 9.47 Å². The topological polar surface area (TPSA) is 87.0 Å². The van der Waals surface area contributed by atoms with Crippen LogP contribution in [0.1, 0.15) is 37.7 Å². The zero-order valence-corrected chi connectivity index (χ0v) is 18.7. The van der Waals surface area contributed by atoms with Crippen LogP contribution in [0.3, 0.4) is 0 Å². The third-order valence-corrected chi connectivity index (χ3v) is 5.38. The number of hydrogen-bond acceptors (Lipinski definition) is 6. The number of carbonyl (C=O) groups excluding carboxylic acids is 2. The predicted octanol–water partition coefficient (Wildman–Crippen LogP) is 4.11. The molecule has 0 fully saturated rings. The van der Waals surface area contributed by atoms with Crippen LogP contribution in [0, 0.1) is 13.8 Å². The minimum absolute atomic E-state index is 0.0538. The van der Waals surface area contributed by atoms with Crippen molar-refractivity contribution in [2.45, 2.75) is 26.8 Å². The molecule has 0 amide bonds. The van der Waals surface area contributed by atoms with Crippen molar-refractivity contribution in [3.8, 4) is 17.2 Å². The monoisotopic (exact) mass is 437 g/mol. The van der Waals surface area contributed by atoms with Gasteiger partial charge in [-0.25, -0.2) is 4.79 Å². The largest absolute Gasteiger partial charge is 0.508 e. The van der Waals surface area contributed by atoms with E-state index in [-0.39, 0.29) is 23.7 Å². The molecular weight excluding hydrogens is 410 g/mol. The van der Waals surface area contributed by atoms with Gasteiger partial charge in [-0.05, 0) is 68.3 Å². The van der Waals surface area contributed by atoms with Gasteiger partial charge in [0.15, 0.2) is 18.1 Å². The number of esters is 1. The van der Waals surface area contributed by atoms with E-state index < -0.39 is 5.97 Å². The molecule has 0 aliphatic carbocycles. The molecule has 0 saturated carbocycles. The average Bonchev–Trinajstić information content (AvgIpc) is 3.09. The molecule has 32 heavy (non-hydrogen) atoms. The Morgan fingerprint density at radius 1 is 0.938 bits per heavy atom. The van der Waals surface area contributed by atoms with E-state index in [0.717, 1.165) is 23.4 Å². The predicted molar refractivity (Wildman–Crippen MR) is 120 cm³/mol. The summed E-state index contributed by atoms with van der Waals surface area (Å²) in [6.45, 7) is 4.17. The second-order valence-electron chi connectivity index (χ2n) is 7.42. The first-order chi connectivity index (χ1) is 15.3. The zero-order valence-electron chi connectivity index (χ0n) is 18.7. The van der Waals surface area contributed by atoms with Crippen LogP contribution >= 0.6 is 0 Å². The molecule has 7 nitrogen and oxygen atoms in total. The Morgan fingerprint density at radius 2 is 1.62 bits per heavy atom. The second kappa shape index (κ2) is 10.0. The Bertz CT molecular complexity index is 1110. The highest BCUT2D eigenvalue weighted by Gasteiger charge is 2.18. The molecule has 0 aliphatic rings. The summed E-state index contributed by atoms with van der Waals surface area (Å²) in [6.07, 6.45) is 0.750. The number of methoxy groups -OCH3 is 2. The fourth-order valence-corrected chi connectivity index (χ4v) is 3.59. The number of aryl methyl sites for hydroxylation is 2. The minimum atomic E-state index is -0.611. The first-order valence-electron chi connectivity index (χ1n) is 10.2. The maximum atomic E-state index is 12.7. The van der Waals surface area contributed by atoms with Gasteiger partial charge in [0.2, 0.25) is 5.78 Å². The lowest BCUT2D eigenvalue weighted by Gasteiger charge is -2.12. The van der Waals surface area contributed by atoms with Gasteiger partial charge < -0.3 is 23.9 Å². The van der Waals surface area contributed by atoms with Gasteiger partial charge in [0.25, 0.3) is 0 Å². The van der Waals surface area contributed by atoms with Crippen LogP contribution in [0.2, 0.25) is 0 Å². The van der Waals surface area contributed by atoms with Crippen molar-refractivity contribution in [3.05, 3.63) is 76.6 Å². The van der Waals surface area contributed by atoms with Gasteiger partial charge in [0.05, 0.1) is 19.8 Å².